The number of benzene rings is 1. The summed E-state index contributed by atoms with van der Waals surface area (Å²) in [6, 6.07) is 8.16. The first kappa shape index (κ1) is 17.3. The normalized spacial score (nSPS) is 27.5. The number of para-hydroxylation sites is 1. The summed E-state index contributed by atoms with van der Waals surface area (Å²) >= 11 is 0. The number of rotatable bonds is 5. The number of hydrogen-bond donors (Lipinski definition) is 0. The Kier molecular flexibility index (Phi) is 6.13. The Bertz CT molecular complexity index is 536. The van der Waals surface area contributed by atoms with Crippen molar-refractivity contribution in [1.82, 2.24) is 0 Å². The second-order valence-corrected chi connectivity index (χ2v) is 6.72. The third kappa shape index (κ3) is 4.29. The molecule has 2 aliphatic rings. The summed E-state index contributed by atoms with van der Waals surface area (Å²) in [6.45, 7) is 2.62. The highest BCUT2D eigenvalue weighted by Crippen LogP contribution is 2.40. The molecule has 0 N–H and O–H groups in total. The molecule has 1 aromatic rings. The Morgan fingerprint density at radius 3 is 2.71 bits per heavy atom. The Morgan fingerprint density at radius 2 is 1.92 bits per heavy atom. The van der Waals surface area contributed by atoms with Crippen LogP contribution in [0.4, 0.5) is 0 Å². The predicted octanol–water partition coefficient (Wildman–Crippen LogP) is 4.57. The number of esters is 1. The van der Waals surface area contributed by atoms with E-state index in [4.69, 9.17) is 14.2 Å². The molecule has 24 heavy (non-hydrogen) atoms. The summed E-state index contributed by atoms with van der Waals surface area (Å²) in [5.41, 5.74) is 1.15. The van der Waals surface area contributed by atoms with Crippen LogP contribution in [0.15, 0.2) is 24.3 Å². The first-order chi connectivity index (χ1) is 11.8. The highest BCUT2D eigenvalue weighted by molar-refractivity contribution is 5.69. The minimum atomic E-state index is -0.153. The third-order valence-corrected chi connectivity index (χ3v) is 4.99. The van der Waals surface area contributed by atoms with Gasteiger partial charge in [0.2, 0.25) is 0 Å². The molecule has 2 fully saturated rings. The van der Waals surface area contributed by atoms with Crippen LogP contribution < -0.4 is 4.74 Å². The van der Waals surface area contributed by atoms with Crippen molar-refractivity contribution in [2.75, 3.05) is 6.61 Å². The van der Waals surface area contributed by atoms with Gasteiger partial charge in [-0.2, -0.15) is 0 Å². The van der Waals surface area contributed by atoms with E-state index in [0.717, 1.165) is 56.4 Å². The molecular formula is C20H28O4. The summed E-state index contributed by atoms with van der Waals surface area (Å²) in [4.78, 5) is 11.8. The van der Waals surface area contributed by atoms with Crippen LogP contribution in [0.25, 0.3) is 0 Å². The van der Waals surface area contributed by atoms with E-state index in [1.807, 2.05) is 25.1 Å². The molecule has 1 aliphatic carbocycles. The zero-order chi connectivity index (χ0) is 16.8. The topological polar surface area (TPSA) is 44.8 Å². The molecule has 3 rings (SSSR count). The zero-order valence-electron chi connectivity index (χ0n) is 14.5. The van der Waals surface area contributed by atoms with Crippen molar-refractivity contribution in [3.63, 3.8) is 0 Å². The summed E-state index contributed by atoms with van der Waals surface area (Å²) in [7, 11) is 0. The van der Waals surface area contributed by atoms with Gasteiger partial charge in [0.05, 0.1) is 6.61 Å². The van der Waals surface area contributed by atoms with Crippen LogP contribution in [0.3, 0.4) is 0 Å². The van der Waals surface area contributed by atoms with Crippen molar-refractivity contribution in [2.24, 2.45) is 0 Å². The van der Waals surface area contributed by atoms with Gasteiger partial charge in [-0.1, -0.05) is 31.5 Å². The Balaban J connectivity index is 1.77. The average Bonchev–Trinajstić information content (AvgIpc) is 2.63. The van der Waals surface area contributed by atoms with Gasteiger partial charge < -0.3 is 14.2 Å². The third-order valence-electron chi connectivity index (χ3n) is 4.99. The standard InChI is InChI=1S/C20H28O4/c1-2-19(21)23-17-11-5-3-9-15(17)16-10-4-6-12-18(16)24-20-13-7-8-14-22-20/h4,6,10,12,15,17,20H,2-3,5,7-9,11,13-14H2,1H3/t15-,17+,20?/m1/s1. The van der Waals surface area contributed by atoms with Crippen LogP contribution in [0.1, 0.15) is 69.8 Å². The fourth-order valence-corrected chi connectivity index (χ4v) is 3.69. The van der Waals surface area contributed by atoms with Crippen LogP contribution >= 0.6 is 0 Å². The largest absolute Gasteiger partial charge is 0.465 e. The van der Waals surface area contributed by atoms with E-state index < -0.39 is 0 Å². The lowest BCUT2D eigenvalue weighted by molar-refractivity contribution is -0.151. The van der Waals surface area contributed by atoms with Crippen LogP contribution in [0.5, 0.6) is 5.75 Å². The summed E-state index contributed by atoms with van der Waals surface area (Å²) < 4.78 is 17.6. The molecule has 4 heteroatoms. The van der Waals surface area contributed by atoms with E-state index >= 15 is 0 Å². The first-order valence-electron chi connectivity index (χ1n) is 9.34. The van der Waals surface area contributed by atoms with Crippen molar-refractivity contribution in [2.45, 2.75) is 76.6 Å². The minimum absolute atomic E-state index is 0.0387. The molecule has 0 amide bonds. The van der Waals surface area contributed by atoms with Gasteiger partial charge in [0.15, 0.2) is 6.29 Å². The summed E-state index contributed by atoms with van der Waals surface area (Å²) in [5, 5.41) is 0. The fourth-order valence-electron chi connectivity index (χ4n) is 3.69. The van der Waals surface area contributed by atoms with Crippen molar-refractivity contribution in [3.8, 4) is 5.75 Å². The van der Waals surface area contributed by atoms with E-state index in [-0.39, 0.29) is 24.3 Å². The molecule has 0 radical (unpaired) electrons. The van der Waals surface area contributed by atoms with Crippen molar-refractivity contribution in [1.29, 1.82) is 0 Å². The van der Waals surface area contributed by atoms with Gasteiger partial charge in [0, 0.05) is 24.3 Å². The van der Waals surface area contributed by atoms with Crippen molar-refractivity contribution < 1.29 is 19.0 Å². The van der Waals surface area contributed by atoms with Crippen LogP contribution in [-0.4, -0.2) is 25.0 Å². The van der Waals surface area contributed by atoms with Crippen molar-refractivity contribution >= 4 is 5.97 Å². The molecule has 132 valence electrons. The maximum Gasteiger partial charge on any atom is 0.305 e. The Hall–Kier alpha value is -1.55. The number of ether oxygens (including phenoxy) is 3. The van der Waals surface area contributed by atoms with Gasteiger partial charge in [-0.15, -0.1) is 0 Å². The fraction of sp³-hybridized carbons (Fsp3) is 0.650. The minimum Gasteiger partial charge on any atom is -0.465 e. The SMILES string of the molecule is CCC(=O)O[C@H]1CCCC[C@@H]1c1ccccc1OC1CCCCO1. The molecule has 1 heterocycles. The van der Waals surface area contributed by atoms with Gasteiger partial charge in [-0.25, -0.2) is 0 Å². The quantitative estimate of drug-likeness (QED) is 0.741. The molecule has 3 atom stereocenters. The molecule has 0 aromatic heterocycles. The summed E-state index contributed by atoms with van der Waals surface area (Å²) in [6.07, 6.45) is 7.68. The molecule has 1 aromatic carbocycles. The van der Waals surface area contributed by atoms with E-state index in [2.05, 4.69) is 6.07 Å². The highest BCUT2D eigenvalue weighted by Gasteiger charge is 2.31. The molecule has 0 bridgehead atoms. The second kappa shape index (κ2) is 8.52. The molecule has 1 unspecified atom stereocenters. The molecule has 0 spiro atoms. The first-order valence-corrected chi connectivity index (χ1v) is 9.34. The highest BCUT2D eigenvalue weighted by atomic mass is 16.7. The van der Waals surface area contributed by atoms with E-state index in [0.29, 0.717) is 6.42 Å². The van der Waals surface area contributed by atoms with Gasteiger partial charge in [0.25, 0.3) is 0 Å². The Morgan fingerprint density at radius 1 is 1.12 bits per heavy atom. The number of carbonyl (C=O) groups is 1. The van der Waals surface area contributed by atoms with E-state index in [9.17, 15) is 4.79 Å². The second-order valence-electron chi connectivity index (χ2n) is 6.72. The lowest BCUT2D eigenvalue weighted by Gasteiger charge is -2.33. The van der Waals surface area contributed by atoms with Crippen LogP contribution in [-0.2, 0) is 14.3 Å². The zero-order valence-corrected chi connectivity index (χ0v) is 14.5. The lowest BCUT2D eigenvalue weighted by Crippen LogP contribution is -2.30. The number of hydrogen-bond acceptors (Lipinski definition) is 4. The number of carbonyl (C=O) groups excluding carboxylic acids is 1. The molecule has 1 aliphatic heterocycles. The molecular weight excluding hydrogens is 304 g/mol. The maximum atomic E-state index is 11.8. The maximum absolute atomic E-state index is 11.8. The van der Waals surface area contributed by atoms with Gasteiger partial charge >= 0.3 is 5.97 Å². The van der Waals surface area contributed by atoms with E-state index in [1.165, 1.54) is 6.42 Å². The van der Waals surface area contributed by atoms with Gasteiger partial charge in [0.1, 0.15) is 11.9 Å². The lowest BCUT2D eigenvalue weighted by atomic mass is 9.81. The summed E-state index contributed by atoms with van der Waals surface area (Å²) in [5.74, 6) is 0.990. The predicted molar refractivity (Wildman–Crippen MR) is 92.0 cm³/mol. The average molecular weight is 332 g/mol. The van der Waals surface area contributed by atoms with Gasteiger partial charge in [-0.3, -0.25) is 4.79 Å². The van der Waals surface area contributed by atoms with Crippen LogP contribution in [0, 0.1) is 0 Å². The Labute approximate surface area is 144 Å². The molecule has 1 saturated carbocycles. The van der Waals surface area contributed by atoms with Crippen LogP contribution in [0.2, 0.25) is 0 Å². The van der Waals surface area contributed by atoms with Gasteiger partial charge in [-0.05, 0) is 38.2 Å². The molecule has 1 saturated heterocycles. The molecule has 4 nitrogen and oxygen atoms in total. The van der Waals surface area contributed by atoms with E-state index in [1.54, 1.807) is 0 Å². The monoisotopic (exact) mass is 332 g/mol. The smallest absolute Gasteiger partial charge is 0.305 e. The van der Waals surface area contributed by atoms with Crippen molar-refractivity contribution in [3.05, 3.63) is 29.8 Å².